The van der Waals surface area contributed by atoms with Gasteiger partial charge in [0.25, 0.3) is 0 Å². The molecule has 1 heterocycles. The zero-order valence-corrected chi connectivity index (χ0v) is 18.2. The molecule has 3 rings (SSSR count). The molecule has 1 N–H and O–H groups in total. The van der Waals surface area contributed by atoms with E-state index in [1.54, 1.807) is 18.2 Å². The minimum absolute atomic E-state index is 0.00941. The lowest BCUT2D eigenvalue weighted by Crippen LogP contribution is -2.42. The Morgan fingerprint density at radius 1 is 1.13 bits per heavy atom. The zero-order valence-electron chi connectivity index (χ0n) is 17.4. The number of methoxy groups -OCH3 is 1. The molecule has 162 valence electrons. The zero-order chi connectivity index (χ0) is 21.9. The molecule has 2 unspecified atom stereocenters. The van der Waals surface area contributed by atoms with Crippen LogP contribution in [0.2, 0.25) is 0 Å². The molecule has 2 aromatic carbocycles. The lowest BCUT2D eigenvalue weighted by Gasteiger charge is -2.34. The molecule has 8 heteroatoms. The van der Waals surface area contributed by atoms with Crippen LogP contribution in [0.3, 0.4) is 0 Å². The summed E-state index contributed by atoms with van der Waals surface area (Å²) in [7, 11) is -2.19. The Labute approximate surface area is 177 Å². The summed E-state index contributed by atoms with van der Waals surface area (Å²) in [5, 5.41) is 2.71. The molecule has 0 saturated carbocycles. The summed E-state index contributed by atoms with van der Waals surface area (Å²) in [6.45, 7) is 5.16. The maximum absolute atomic E-state index is 13.8. The van der Waals surface area contributed by atoms with E-state index < -0.39 is 15.8 Å². The monoisotopic (exact) mass is 434 g/mol. The smallest absolute Gasteiger partial charge is 0.243 e. The average molecular weight is 435 g/mol. The van der Waals surface area contributed by atoms with E-state index in [9.17, 15) is 17.6 Å². The van der Waals surface area contributed by atoms with Gasteiger partial charge >= 0.3 is 0 Å². The van der Waals surface area contributed by atoms with Crippen molar-refractivity contribution in [1.29, 1.82) is 0 Å². The predicted octanol–water partition coefficient (Wildman–Crippen LogP) is 3.68. The predicted molar refractivity (Wildman–Crippen MR) is 113 cm³/mol. The van der Waals surface area contributed by atoms with E-state index in [1.165, 1.54) is 35.7 Å². The molecule has 0 spiro atoms. The van der Waals surface area contributed by atoms with Gasteiger partial charge < -0.3 is 10.1 Å². The third-order valence-electron chi connectivity index (χ3n) is 5.19. The van der Waals surface area contributed by atoms with Gasteiger partial charge in [0.05, 0.1) is 18.4 Å². The highest BCUT2D eigenvalue weighted by atomic mass is 32.2. The van der Waals surface area contributed by atoms with Crippen LogP contribution in [0.5, 0.6) is 5.75 Å². The van der Waals surface area contributed by atoms with Gasteiger partial charge in [0.2, 0.25) is 15.9 Å². The normalized spacial score (nSPS) is 20.0. The van der Waals surface area contributed by atoms with Crippen molar-refractivity contribution in [1.82, 2.24) is 4.31 Å². The molecule has 0 bridgehead atoms. The molecule has 0 aliphatic carbocycles. The quantitative estimate of drug-likeness (QED) is 0.753. The van der Waals surface area contributed by atoms with E-state index in [0.29, 0.717) is 36.2 Å². The molecule has 6 nitrogen and oxygen atoms in total. The Kier molecular flexibility index (Phi) is 6.77. The maximum atomic E-state index is 13.8. The van der Waals surface area contributed by atoms with Crippen molar-refractivity contribution in [3.05, 3.63) is 53.8 Å². The Morgan fingerprint density at radius 2 is 1.77 bits per heavy atom. The largest absolute Gasteiger partial charge is 0.494 e. The van der Waals surface area contributed by atoms with Gasteiger partial charge in [0.1, 0.15) is 0 Å². The lowest BCUT2D eigenvalue weighted by atomic mass is 9.94. The number of carbonyl (C=O) groups excluding carboxylic acids is 1. The first kappa shape index (κ1) is 22.2. The maximum Gasteiger partial charge on any atom is 0.243 e. The standard InChI is InChI=1S/C22H27FN2O4S/c1-15-10-16(2)14-25(13-15)30(27,28)19-7-5-18(6-8-19)24-22(26)12-17-4-9-21(29-3)20(23)11-17/h4-9,11,15-16H,10,12-14H2,1-3H3,(H,24,26). The number of amides is 1. The number of ether oxygens (including phenoxy) is 1. The second-order valence-corrected chi connectivity index (χ2v) is 9.92. The van der Waals surface area contributed by atoms with E-state index in [4.69, 9.17) is 4.74 Å². The van der Waals surface area contributed by atoms with Crippen LogP contribution in [0.4, 0.5) is 10.1 Å². The molecule has 30 heavy (non-hydrogen) atoms. The summed E-state index contributed by atoms with van der Waals surface area (Å²) >= 11 is 0. The minimum atomic E-state index is -3.57. The number of hydrogen-bond acceptors (Lipinski definition) is 4. The van der Waals surface area contributed by atoms with Crippen molar-refractivity contribution < 1.29 is 22.3 Å². The SMILES string of the molecule is COc1ccc(CC(=O)Nc2ccc(S(=O)(=O)N3CC(C)CC(C)C3)cc2)cc1F. The molecule has 2 atom stereocenters. The van der Waals surface area contributed by atoms with E-state index in [1.807, 2.05) is 0 Å². The second-order valence-electron chi connectivity index (χ2n) is 7.99. The summed E-state index contributed by atoms with van der Waals surface area (Å²) in [4.78, 5) is 12.5. The fourth-order valence-electron chi connectivity index (χ4n) is 3.87. The van der Waals surface area contributed by atoms with Crippen LogP contribution in [0, 0.1) is 17.7 Å². The highest BCUT2D eigenvalue weighted by Crippen LogP contribution is 2.27. The van der Waals surface area contributed by atoms with Crippen LogP contribution >= 0.6 is 0 Å². The molecule has 1 fully saturated rings. The third-order valence-corrected chi connectivity index (χ3v) is 7.04. The minimum Gasteiger partial charge on any atom is -0.494 e. The number of hydrogen-bond donors (Lipinski definition) is 1. The summed E-state index contributed by atoms with van der Waals surface area (Å²) < 4.78 is 46.0. The molecule has 2 aromatic rings. The first-order valence-electron chi connectivity index (χ1n) is 9.91. The fourth-order valence-corrected chi connectivity index (χ4v) is 5.55. The molecular formula is C22H27FN2O4S. The summed E-state index contributed by atoms with van der Waals surface area (Å²) in [6.07, 6.45) is 1.01. The number of sulfonamides is 1. The number of nitrogens with one attached hydrogen (secondary N) is 1. The number of piperidine rings is 1. The highest BCUT2D eigenvalue weighted by molar-refractivity contribution is 7.89. The van der Waals surface area contributed by atoms with E-state index >= 15 is 0 Å². The van der Waals surface area contributed by atoms with Crippen molar-refractivity contribution in [2.45, 2.75) is 31.6 Å². The van der Waals surface area contributed by atoms with Crippen LogP contribution in [0.15, 0.2) is 47.4 Å². The van der Waals surface area contributed by atoms with Crippen molar-refractivity contribution in [2.75, 3.05) is 25.5 Å². The number of carbonyl (C=O) groups is 1. The van der Waals surface area contributed by atoms with Gasteiger partial charge in [-0.15, -0.1) is 0 Å². The molecule has 1 amide bonds. The second kappa shape index (κ2) is 9.14. The number of rotatable bonds is 6. The number of anilines is 1. The van der Waals surface area contributed by atoms with Gasteiger partial charge in [-0.05, 0) is 60.2 Å². The number of nitrogens with zero attached hydrogens (tertiary/aromatic N) is 1. The fraction of sp³-hybridized carbons (Fsp3) is 0.409. The van der Waals surface area contributed by atoms with Crippen molar-refractivity contribution in [3.63, 3.8) is 0 Å². The highest BCUT2D eigenvalue weighted by Gasteiger charge is 2.31. The van der Waals surface area contributed by atoms with E-state index in [2.05, 4.69) is 19.2 Å². The third kappa shape index (κ3) is 5.17. The molecule has 1 saturated heterocycles. The summed E-state index contributed by atoms with van der Waals surface area (Å²) in [5.41, 5.74) is 0.992. The lowest BCUT2D eigenvalue weighted by molar-refractivity contribution is -0.115. The first-order chi connectivity index (χ1) is 14.2. The van der Waals surface area contributed by atoms with Crippen molar-refractivity contribution in [2.24, 2.45) is 11.8 Å². The molecule has 0 aromatic heterocycles. The first-order valence-corrected chi connectivity index (χ1v) is 11.4. The summed E-state index contributed by atoms with van der Waals surface area (Å²) in [6, 6.07) is 10.5. The van der Waals surface area contributed by atoms with Crippen LogP contribution in [-0.4, -0.2) is 38.8 Å². The Balaban J connectivity index is 1.65. The van der Waals surface area contributed by atoms with Gasteiger partial charge in [-0.3, -0.25) is 4.79 Å². The topological polar surface area (TPSA) is 75.7 Å². The van der Waals surface area contributed by atoms with Crippen molar-refractivity contribution in [3.8, 4) is 5.75 Å². The van der Waals surface area contributed by atoms with Gasteiger partial charge in [-0.25, -0.2) is 12.8 Å². The summed E-state index contributed by atoms with van der Waals surface area (Å²) in [5.74, 6) is -0.0873. The van der Waals surface area contributed by atoms with Crippen molar-refractivity contribution >= 4 is 21.6 Å². The number of benzene rings is 2. The molecular weight excluding hydrogens is 407 g/mol. The van der Waals surface area contributed by atoms with Gasteiger partial charge in [-0.2, -0.15) is 4.31 Å². The van der Waals surface area contributed by atoms with Crippen LogP contribution in [0.1, 0.15) is 25.8 Å². The van der Waals surface area contributed by atoms with Crippen LogP contribution in [0.25, 0.3) is 0 Å². The number of halogens is 1. The molecule has 1 aliphatic heterocycles. The van der Waals surface area contributed by atoms with Crippen LogP contribution in [-0.2, 0) is 21.2 Å². The average Bonchev–Trinajstić information content (AvgIpc) is 2.68. The Hall–Kier alpha value is -2.45. The van der Waals surface area contributed by atoms with Gasteiger partial charge in [0.15, 0.2) is 11.6 Å². The van der Waals surface area contributed by atoms with Gasteiger partial charge in [0, 0.05) is 18.8 Å². The molecule has 0 radical (unpaired) electrons. The van der Waals surface area contributed by atoms with E-state index in [0.717, 1.165) is 6.42 Å². The Morgan fingerprint density at radius 3 is 2.33 bits per heavy atom. The van der Waals surface area contributed by atoms with Crippen LogP contribution < -0.4 is 10.1 Å². The molecule has 1 aliphatic rings. The van der Waals surface area contributed by atoms with Gasteiger partial charge in [-0.1, -0.05) is 19.9 Å². The van der Waals surface area contributed by atoms with E-state index in [-0.39, 0.29) is 23.0 Å². The Bertz CT molecular complexity index is 998.